The van der Waals surface area contributed by atoms with Gasteiger partial charge in [-0.05, 0) is 31.0 Å². The van der Waals surface area contributed by atoms with Gasteiger partial charge in [0, 0.05) is 28.6 Å². The molecule has 1 saturated carbocycles. The second kappa shape index (κ2) is 9.12. The van der Waals surface area contributed by atoms with E-state index in [0.29, 0.717) is 35.3 Å². The Labute approximate surface area is 195 Å². The highest BCUT2D eigenvalue weighted by molar-refractivity contribution is 7.77. The molecule has 1 aromatic carbocycles. The third-order valence-electron chi connectivity index (χ3n) is 6.12. The summed E-state index contributed by atoms with van der Waals surface area (Å²) < 4.78 is 56.3. The molecule has 1 fully saturated rings. The van der Waals surface area contributed by atoms with Crippen molar-refractivity contribution in [1.82, 2.24) is 29.6 Å². The molecule has 1 aliphatic rings. The third-order valence-corrected chi connectivity index (χ3v) is 6.68. The van der Waals surface area contributed by atoms with Gasteiger partial charge in [0.25, 0.3) is 0 Å². The molecule has 1 atom stereocenters. The van der Waals surface area contributed by atoms with Crippen LogP contribution in [0.3, 0.4) is 0 Å². The van der Waals surface area contributed by atoms with Crippen LogP contribution >= 0.6 is 0 Å². The molecule has 3 aromatic heterocycles. The van der Waals surface area contributed by atoms with Crippen molar-refractivity contribution >= 4 is 33.9 Å². The van der Waals surface area contributed by atoms with Crippen LogP contribution in [-0.4, -0.2) is 33.7 Å². The van der Waals surface area contributed by atoms with Crippen molar-refractivity contribution in [3.8, 4) is 11.3 Å². The fraction of sp³-hybridized carbons (Fsp3) is 0.273. The summed E-state index contributed by atoms with van der Waals surface area (Å²) in [5, 5.41) is 2.78. The van der Waals surface area contributed by atoms with Gasteiger partial charge < -0.3 is 14.9 Å². The van der Waals surface area contributed by atoms with E-state index in [-0.39, 0.29) is 11.4 Å². The van der Waals surface area contributed by atoms with Gasteiger partial charge in [-0.3, -0.25) is 4.21 Å². The first kappa shape index (κ1) is 22.4. The largest absolute Gasteiger partial charge is 0.760 e. The number of aromatic amines is 1. The van der Waals surface area contributed by atoms with Gasteiger partial charge in [-0.1, -0.05) is 25.3 Å². The van der Waals surface area contributed by atoms with E-state index in [1.165, 1.54) is 24.9 Å². The molecule has 0 aliphatic heterocycles. The van der Waals surface area contributed by atoms with Crippen LogP contribution in [0, 0.1) is 11.6 Å². The number of hydrogen-bond donors (Lipinski definition) is 3. The van der Waals surface area contributed by atoms with Gasteiger partial charge in [0.2, 0.25) is 0 Å². The highest BCUT2D eigenvalue weighted by atomic mass is 32.2. The number of nitrogens with one attached hydrogen (secondary N) is 3. The van der Waals surface area contributed by atoms with Gasteiger partial charge in [0.1, 0.15) is 34.9 Å². The van der Waals surface area contributed by atoms with Crippen molar-refractivity contribution in [2.45, 2.75) is 37.6 Å². The number of pyridine rings is 1. The Morgan fingerprint density at radius 2 is 1.88 bits per heavy atom. The summed E-state index contributed by atoms with van der Waals surface area (Å²) in [6, 6.07) is 5.83. The minimum atomic E-state index is -2.62. The quantitative estimate of drug-likeness (QED) is 0.353. The summed E-state index contributed by atoms with van der Waals surface area (Å²) in [7, 11) is 0. The molecule has 3 heterocycles. The molecular weight excluding hydrogens is 464 g/mol. The lowest BCUT2D eigenvalue weighted by Crippen LogP contribution is -2.45. The third kappa shape index (κ3) is 4.04. The lowest BCUT2D eigenvalue weighted by molar-refractivity contribution is 0.262. The highest BCUT2D eigenvalue weighted by Gasteiger charge is 2.37. The average Bonchev–Trinajstić information content (AvgIpc) is 3.31. The minimum absolute atomic E-state index is 0.0933. The number of hydrogen-bond acceptors (Lipinski definition) is 7. The molecule has 34 heavy (non-hydrogen) atoms. The zero-order chi connectivity index (χ0) is 23.7. The van der Waals surface area contributed by atoms with Crippen LogP contribution in [0.4, 0.5) is 20.3 Å². The van der Waals surface area contributed by atoms with E-state index in [9.17, 15) is 13.2 Å². The van der Waals surface area contributed by atoms with E-state index in [0.717, 1.165) is 25.3 Å². The zero-order valence-electron chi connectivity index (χ0n) is 17.8. The normalized spacial score (nSPS) is 16.4. The van der Waals surface area contributed by atoms with Crippen LogP contribution in [0.1, 0.15) is 37.7 Å². The number of fused-ring (bicyclic) bond motifs is 1. The first-order chi connectivity index (χ1) is 16.5. The smallest absolute Gasteiger partial charge is 0.181 e. The van der Waals surface area contributed by atoms with Crippen LogP contribution in [0.15, 0.2) is 43.1 Å². The Kier molecular flexibility index (Phi) is 6.02. The Balaban J connectivity index is 1.60. The summed E-state index contributed by atoms with van der Waals surface area (Å²) in [5.41, 5.74) is 0.468. The summed E-state index contributed by atoms with van der Waals surface area (Å²) in [5.74, 6) is -1.53. The number of anilines is 2. The number of imidazole rings is 1. The van der Waals surface area contributed by atoms with E-state index in [2.05, 4.69) is 35.0 Å². The molecule has 0 bridgehead atoms. The van der Waals surface area contributed by atoms with Crippen LogP contribution in [0.25, 0.3) is 22.4 Å². The fourth-order valence-corrected chi connectivity index (χ4v) is 5.19. The van der Waals surface area contributed by atoms with Crippen molar-refractivity contribution in [1.29, 1.82) is 0 Å². The van der Waals surface area contributed by atoms with Crippen LogP contribution in [0.2, 0.25) is 0 Å². The number of rotatable bonds is 6. The van der Waals surface area contributed by atoms with E-state index in [1.807, 2.05) is 0 Å². The summed E-state index contributed by atoms with van der Waals surface area (Å²) >= 11 is -2.62. The number of benzene rings is 1. The number of H-pyrrole nitrogens is 1. The molecule has 176 valence electrons. The second-order valence-electron chi connectivity index (χ2n) is 8.11. The lowest BCUT2D eigenvalue weighted by Gasteiger charge is -2.39. The number of aromatic nitrogens is 5. The number of nitrogens with zero attached hydrogens (tertiary/aromatic N) is 4. The molecule has 0 amide bonds. The zero-order valence-corrected chi connectivity index (χ0v) is 18.7. The predicted molar refractivity (Wildman–Crippen MR) is 121 cm³/mol. The number of halogens is 2. The molecule has 0 saturated heterocycles. The van der Waals surface area contributed by atoms with Gasteiger partial charge >= 0.3 is 0 Å². The van der Waals surface area contributed by atoms with Crippen molar-refractivity contribution < 1.29 is 17.5 Å². The first-order valence-corrected chi connectivity index (χ1v) is 11.8. The molecule has 0 radical (unpaired) electrons. The second-order valence-corrected chi connectivity index (χ2v) is 8.78. The van der Waals surface area contributed by atoms with Crippen LogP contribution in [-0.2, 0) is 16.8 Å². The molecular formula is C22H20F2N7O2S-. The Bertz CT molecular complexity index is 1370. The Morgan fingerprint density at radius 3 is 2.68 bits per heavy atom. The van der Waals surface area contributed by atoms with E-state index in [4.69, 9.17) is 0 Å². The van der Waals surface area contributed by atoms with E-state index in [1.54, 1.807) is 12.1 Å². The molecule has 9 nitrogen and oxygen atoms in total. The lowest BCUT2D eigenvalue weighted by atomic mass is 9.77. The summed E-state index contributed by atoms with van der Waals surface area (Å²) in [4.78, 5) is 19.8. The Hall–Kier alpha value is -3.35. The topological polar surface area (TPSA) is 132 Å². The monoisotopic (exact) mass is 484 g/mol. The maximum atomic E-state index is 15.8. The van der Waals surface area contributed by atoms with Crippen molar-refractivity contribution in [3.63, 3.8) is 0 Å². The van der Waals surface area contributed by atoms with Crippen molar-refractivity contribution in [2.75, 3.05) is 5.32 Å². The maximum absolute atomic E-state index is 15.8. The molecule has 4 aromatic rings. The molecule has 5 rings (SSSR count). The fourth-order valence-electron chi connectivity index (χ4n) is 4.56. The summed E-state index contributed by atoms with van der Waals surface area (Å²) in [6.07, 6.45) is 7.50. The van der Waals surface area contributed by atoms with Gasteiger partial charge in [-0.25, -0.2) is 33.4 Å². The standard InChI is InChI=1S/C22H21F2N7O2S/c23-15-7-6-14(22(31-34(32)33)8-2-1-3-9-22)16(24)18(15)30-20-13(5-4-10-25-20)17-19-21(28-11-26-17)29-12-27-19/h4-7,10-12,31H,1-3,8-9H2,(H,25,30)(H,32,33)(H,26,27,28,29)/p-1. The van der Waals surface area contributed by atoms with Gasteiger partial charge in [-0.15, -0.1) is 0 Å². The predicted octanol–water partition coefficient (Wildman–Crippen LogP) is 3.98. The first-order valence-electron chi connectivity index (χ1n) is 10.7. The van der Waals surface area contributed by atoms with Gasteiger partial charge in [-0.2, -0.15) is 0 Å². The maximum Gasteiger partial charge on any atom is 0.181 e. The van der Waals surface area contributed by atoms with Gasteiger partial charge in [0.15, 0.2) is 11.5 Å². The average molecular weight is 485 g/mol. The molecule has 1 unspecified atom stereocenters. The summed E-state index contributed by atoms with van der Waals surface area (Å²) in [6.45, 7) is 0. The van der Waals surface area contributed by atoms with Crippen LogP contribution in [0.5, 0.6) is 0 Å². The van der Waals surface area contributed by atoms with Crippen molar-refractivity contribution in [3.05, 3.63) is 60.3 Å². The SMILES string of the molecule is O=S([O-])NC1(c2ccc(F)c(Nc3ncccc3-c3ncnc4nc[nH]c34)c2F)CCCCC1. The highest BCUT2D eigenvalue weighted by Crippen LogP contribution is 2.41. The van der Waals surface area contributed by atoms with Crippen molar-refractivity contribution in [2.24, 2.45) is 0 Å². The molecule has 0 spiro atoms. The van der Waals surface area contributed by atoms with Gasteiger partial charge in [0.05, 0.1) is 11.9 Å². The minimum Gasteiger partial charge on any atom is -0.760 e. The Morgan fingerprint density at radius 1 is 1.06 bits per heavy atom. The molecule has 3 N–H and O–H groups in total. The molecule has 1 aliphatic carbocycles. The van der Waals surface area contributed by atoms with Crippen LogP contribution < -0.4 is 10.0 Å². The van der Waals surface area contributed by atoms with E-state index < -0.39 is 34.1 Å². The van der Waals surface area contributed by atoms with E-state index >= 15 is 4.39 Å². The molecule has 12 heteroatoms.